The summed E-state index contributed by atoms with van der Waals surface area (Å²) in [5, 5.41) is 2.49. The maximum atomic E-state index is 13.7. The van der Waals surface area contributed by atoms with Gasteiger partial charge in [0.2, 0.25) is 10.0 Å². The molecule has 2 rings (SSSR count). The van der Waals surface area contributed by atoms with E-state index in [-0.39, 0.29) is 37.6 Å². The summed E-state index contributed by atoms with van der Waals surface area (Å²) in [6, 6.07) is 4.55. The molecule has 0 aliphatic carbocycles. The number of amides is 2. The number of halogens is 2. The lowest BCUT2D eigenvalue weighted by Gasteiger charge is -2.35. The van der Waals surface area contributed by atoms with Gasteiger partial charge in [0.05, 0.1) is 31.2 Å². The van der Waals surface area contributed by atoms with E-state index in [4.69, 9.17) is 4.74 Å². The number of rotatable bonds is 5. The number of hydrogen-bond donors (Lipinski definition) is 2. The number of alkyl halides is 2. The van der Waals surface area contributed by atoms with Crippen LogP contribution in [0.1, 0.15) is 12.5 Å². The topological polar surface area (TPSA) is 87.7 Å². The predicted molar refractivity (Wildman–Crippen MR) is 89.2 cm³/mol. The molecule has 1 aliphatic heterocycles. The fourth-order valence-electron chi connectivity index (χ4n) is 2.50. The average Bonchev–Trinajstić information content (AvgIpc) is 2.52. The number of morpholine rings is 1. The zero-order valence-corrected chi connectivity index (χ0v) is 14.8. The van der Waals surface area contributed by atoms with Crippen molar-refractivity contribution in [3.8, 4) is 0 Å². The zero-order valence-electron chi connectivity index (χ0n) is 14.0. The normalized spacial score (nSPS) is 18.9. The smallest absolute Gasteiger partial charge is 0.322 e. The van der Waals surface area contributed by atoms with Crippen LogP contribution in [0.4, 0.5) is 19.3 Å². The van der Waals surface area contributed by atoms with E-state index in [0.717, 1.165) is 13.2 Å². The molecule has 7 nitrogen and oxygen atoms in total. The molecule has 0 radical (unpaired) electrons. The van der Waals surface area contributed by atoms with Crippen molar-refractivity contribution in [2.45, 2.75) is 18.9 Å². The van der Waals surface area contributed by atoms with E-state index in [1.807, 2.05) is 0 Å². The number of nitrogens with one attached hydrogen (secondary N) is 2. The molecule has 2 amide bonds. The van der Waals surface area contributed by atoms with E-state index in [0.29, 0.717) is 0 Å². The number of carbonyl (C=O) groups excluding carboxylic acids is 1. The van der Waals surface area contributed by atoms with E-state index < -0.39 is 28.0 Å². The van der Waals surface area contributed by atoms with E-state index in [9.17, 15) is 22.0 Å². The van der Waals surface area contributed by atoms with Crippen LogP contribution in [-0.4, -0.2) is 57.9 Å². The molecule has 140 valence electrons. The number of nitrogens with zero attached hydrogens (tertiary/aromatic N) is 1. The second-order valence-electron chi connectivity index (χ2n) is 5.91. The summed E-state index contributed by atoms with van der Waals surface area (Å²) >= 11 is 0. The number of ether oxygens (including phenoxy) is 1. The van der Waals surface area contributed by atoms with Gasteiger partial charge in [-0.3, -0.25) is 0 Å². The van der Waals surface area contributed by atoms with Gasteiger partial charge in [0.25, 0.3) is 5.92 Å². The lowest BCUT2D eigenvalue weighted by atomic mass is 10.1. The van der Waals surface area contributed by atoms with E-state index in [1.165, 1.54) is 23.1 Å². The monoisotopic (exact) mass is 377 g/mol. The Hall–Kier alpha value is -1.78. The molecular weight excluding hydrogens is 356 g/mol. The Morgan fingerprint density at radius 1 is 1.40 bits per heavy atom. The second-order valence-corrected chi connectivity index (χ2v) is 7.74. The van der Waals surface area contributed by atoms with E-state index in [1.54, 1.807) is 6.07 Å². The van der Waals surface area contributed by atoms with Crippen LogP contribution < -0.4 is 10.0 Å². The molecule has 0 aromatic heterocycles. The van der Waals surface area contributed by atoms with Gasteiger partial charge in [0.1, 0.15) is 0 Å². The molecular formula is C15H21F2N3O4S. The molecule has 1 aromatic rings. The quantitative estimate of drug-likeness (QED) is 0.816. The molecule has 25 heavy (non-hydrogen) atoms. The highest BCUT2D eigenvalue weighted by atomic mass is 32.2. The summed E-state index contributed by atoms with van der Waals surface area (Å²) in [4.78, 5) is 13.9. The SMILES string of the molecule is CC(F)(F)c1ccccc1NC(=O)N1CCOCC1CNS(C)(=O)=O. The first-order chi connectivity index (χ1) is 11.6. The Morgan fingerprint density at radius 2 is 2.08 bits per heavy atom. The number of anilines is 1. The number of sulfonamides is 1. The third-order valence-corrected chi connectivity index (χ3v) is 4.40. The van der Waals surface area contributed by atoms with Crippen LogP contribution in [0.2, 0.25) is 0 Å². The van der Waals surface area contributed by atoms with Crippen LogP contribution in [-0.2, 0) is 20.7 Å². The van der Waals surface area contributed by atoms with Crippen LogP contribution in [0.15, 0.2) is 24.3 Å². The van der Waals surface area contributed by atoms with Gasteiger partial charge in [-0.1, -0.05) is 18.2 Å². The van der Waals surface area contributed by atoms with Crippen LogP contribution in [0.5, 0.6) is 0 Å². The molecule has 1 unspecified atom stereocenters. The van der Waals surface area contributed by atoms with Crippen molar-refractivity contribution >= 4 is 21.7 Å². The van der Waals surface area contributed by atoms with E-state index in [2.05, 4.69) is 10.0 Å². The molecule has 2 N–H and O–H groups in total. The highest BCUT2D eigenvalue weighted by molar-refractivity contribution is 7.88. The number of urea groups is 1. The minimum atomic E-state index is -3.42. The Balaban J connectivity index is 2.13. The van der Waals surface area contributed by atoms with Crippen molar-refractivity contribution in [2.24, 2.45) is 0 Å². The van der Waals surface area contributed by atoms with E-state index >= 15 is 0 Å². The number of hydrogen-bond acceptors (Lipinski definition) is 4. The minimum absolute atomic E-state index is 0.0151. The lowest BCUT2D eigenvalue weighted by molar-refractivity contribution is 0.0162. The van der Waals surface area contributed by atoms with Gasteiger partial charge in [0.15, 0.2) is 0 Å². The Bertz CT molecular complexity index is 722. The first kappa shape index (κ1) is 19.5. The Kier molecular flexibility index (Phi) is 5.96. The predicted octanol–water partition coefficient (Wildman–Crippen LogP) is 1.58. The van der Waals surface area contributed by atoms with Gasteiger partial charge < -0.3 is 15.0 Å². The van der Waals surface area contributed by atoms with Crippen molar-refractivity contribution in [1.29, 1.82) is 0 Å². The van der Waals surface area contributed by atoms with Crippen molar-refractivity contribution in [1.82, 2.24) is 9.62 Å². The highest BCUT2D eigenvalue weighted by Crippen LogP contribution is 2.32. The Labute approximate surface area is 145 Å². The summed E-state index contributed by atoms with van der Waals surface area (Å²) < 4.78 is 57.4. The maximum absolute atomic E-state index is 13.7. The first-order valence-electron chi connectivity index (χ1n) is 7.65. The molecule has 1 saturated heterocycles. The van der Waals surface area contributed by atoms with Crippen molar-refractivity contribution in [2.75, 3.05) is 37.9 Å². The standard InChI is InChI=1S/C15H21F2N3O4S/c1-15(16,17)12-5-3-4-6-13(12)19-14(21)20-7-8-24-10-11(20)9-18-25(2,22)23/h3-6,11,18H,7-10H2,1-2H3,(H,19,21). The number of carbonyl (C=O) groups is 1. The van der Waals surface area contributed by atoms with Crippen molar-refractivity contribution in [3.05, 3.63) is 29.8 Å². The van der Waals surface area contributed by atoms with Crippen LogP contribution in [0, 0.1) is 0 Å². The largest absolute Gasteiger partial charge is 0.377 e. The summed E-state index contributed by atoms with van der Waals surface area (Å²) in [5.74, 6) is -3.11. The number of benzene rings is 1. The van der Waals surface area contributed by atoms with Crippen LogP contribution in [0.25, 0.3) is 0 Å². The Morgan fingerprint density at radius 3 is 2.72 bits per heavy atom. The summed E-state index contributed by atoms with van der Waals surface area (Å²) in [5.41, 5.74) is -0.274. The molecule has 1 aliphatic rings. The van der Waals surface area contributed by atoms with Gasteiger partial charge in [-0.2, -0.15) is 0 Å². The van der Waals surface area contributed by atoms with Gasteiger partial charge in [-0.25, -0.2) is 26.7 Å². The number of para-hydroxylation sites is 1. The van der Waals surface area contributed by atoms with Gasteiger partial charge in [0, 0.05) is 25.6 Å². The molecule has 1 aromatic carbocycles. The van der Waals surface area contributed by atoms with Crippen molar-refractivity contribution < 1.29 is 26.7 Å². The van der Waals surface area contributed by atoms with Gasteiger partial charge in [-0.15, -0.1) is 0 Å². The third kappa shape index (κ3) is 5.62. The molecule has 0 bridgehead atoms. The molecule has 1 fully saturated rings. The zero-order chi connectivity index (χ0) is 18.7. The van der Waals surface area contributed by atoms with Gasteiger partial charge >= 0.3 is 6.03 Å². The molecule has 10 heteroatoms. The molecule has 0 spiro atoms. The highest BCUT2D eigenvalue weighted by Gasteiger charge is 2.31. The minimum Gasteiger partial charge on any atom is -0.377 e. The molecule has 1 atom stereocenters. The average molecular weight is 377 g/mol. The summed E-state index contributed by atoms with van der Waals surface area (Å²) in [7, 11) is -3.42. The second kappa shape index (κ2) is 7.63. The van der Waals surface area contributed by atoms with Crippen molar-refractivity contribution in [3.63, 3.8) is 0 Å². The van der Waals surface area contributed by atoms with Gasteiger partial charge in [-0.05, 0) is 6.07 Å². The maximum Gasteiger partial charge on any atom is 0.322 e. The fourth-order valence-corrected chi connectivity index (χ4v) is 3.00. The summed E-state index contributed by atoms with van der Waals surface area (Å²) in [6.07, 6.45) is 1.01. The van der Waals surface area contributed by atoms with Crippen LogP contribution in [0.3, 0.4) is 0 Å². The molecule has 1 heterocycles. The fraction of sp³-hybridized carbons (Fsp3) is 0.533. The molecule has 0 saturated carbocycles. The van der Waals surface area contributed by atoms with Crippen LogP contribution >= 0.6 is 0 Å². The lowest BCUT2D eigenvalue weighted by Crippen LogP contribution is -2.54. The third-order valence-electron chi connectivity index (χ3n) is 3.71. The first-order valence-corrected chi connectivity index (χ1v) is 9.54. The summed E-state index contributed by atoms with van der Waals surface area (Å²) in [6.45, 7) is 1.41.